The molecule has 2 aromatic rings. The molecule has 2 aromatic carbocycles. The van der Waals surface area contributed by atoms with E-state index in [1.807, 2.05) is 0 Å². The molecule has 0 heterocycles. The normalized spacial score (nSPS) is 12.4. The first kappa shape index (κ1) is 12.9. The van der Waals surface area contributed by atoms with Crippen LogP contribution in [0.3, 0.4) is 0 Å². The maximum atomic E-state index is 13.6. The van der Waals surface area contributed by atoms with Gasteiger partial charge in [0.15, 0.2) is 11.1 Å². The summed E-state index contributed by atoms with van der Waals surface area (Å²) < 4.78 is 46.3. The molecule has 1 unspecified atom stereocenters. The Labute approximate surface area is 106 Å². The van der Waals surface area contributed by atoms with E-state index >= 15 is 0 Å². The Bertz CT molecular complexity index is 626. The van der Waals surface area contributed by atoms with E-state index in [-0.39, 0.29) is 10.5 Å². The lowest BCUT2D eigenvalue weighted by atomic mass is 10.0. The Balaban J connectivity index is 2.54. The lowest BCUT2D eigenvalue weighted by molar-refractivity contribution is 0.564. The number of halogens is 2. The molecule has 2 nitrogen and oxygen atoms in total. The van der Waals surface area contributed by atoms with Gasteiger partial charge < -0.3 is 4.55 Å². The van der Waals surface area contributed by atoms with E-state index in [1.165, 1.54) is 24.3 Å². The third kappa shape index (κ3) is 2.47. The van der Waals surface area contributed by atoms with Gasteiger partial charge in [-0.1, -0.05) is 6.07 Å². The van der Waals surface area contributed by atoms with Crippen LogP contribution in [-0.2, 0) is 11.1 Å². The van der Waals surface area contributed by atoms with Crippen LogP contribution in [0.1, 0.15) is 5.56 Å². The maximum Gasteiger partial charge on any atom is 0.186 e. The summed E-state index contributed by atoms with van der Waals surface area (Å²) in [5.41, 5.74) is 1.49. The molecule has 0 aliphatic rings. The summed E-state index contributed by atoms with van der Waals surface area (Å²) in [5.74, 6) is -1.29. The zero-order chi connectivity index (χ0) is 13.3. The fourth-order valence-corrected chi connectivity index (χ4v) is 2.22. The smallest absolute Gasteiger partial charge is 0.186 e. The van der Waals surface area contributed by atoms with Crippen LogP contribution >= 0.6 is 0 Å². The van der Waals surface area contributed by atoms with Crippen molar-refractivity contribution in [2.75, 3.05) is 0 Å². The van der Waals surface area contributed by atoms with Crippen LogP contribution in [0.25, 0.3) is 11.1 Å². The Hall–Kier alpha value is -1.59. The Kier molecular flexibility index (Phi) is 3.54. The van der Waals surface area contributed by atoms with Crippen LogP contribution < -0.4 is 0 Å². The molecule has 0 fully saturated rings. The summed E-state index contributed by atoms with van der Waals surface area (Å²) in [7, 11) is 0. The average Bonchev–Trinajstić information content (AvgIpc) is 2.30. The van der Waals surface area contributed by atoms with Crippen molar-refractivity contribution >= 4 is 11.1 Å². The molecule has 18 heavy (non-hydrogen) atoms. The van der Waals surface area contributed by atoms with Gasteiger partial charge in [-0.05, 0) is 42.3 Å². The minimum atomic E-state index is -2.07. The molecular weight excluding hydrogens is 258 g/mol. The van der Waals surface area contributed by atoms with Crippen LogP contribution in [0.4, 0.5) is 8.78 Å². The second-order valence-corrected chi connectivity index (χ2v) is 4.82. The fraction of sp³-hybridized carbons (Fsp3) is 0.0769. The molecule has 0 aliphatic heterocycles. The van der Waals surface area contributed by atoms with Crippen molar-refractivity contribution in [1.29, 1.82) is 0 Å². The van der Waals surface area contributed by atoms with Gasteiger partial charge in [-0.15, -0.1) is 0 Å². The van der Waals surface area contributed by atoms with Crippen molar-refractivity contribution in [3.05, 3.63) is 53.6 Å². The van der Waals surface area contributed by atoms with E-state index in [4.69, 9.17) is 4.55 Å². The van der Waals surface area contributed by atoms with Crippen LogP contribution in [-0.4, -0.2) is 8.76 Å². The summed E-state index contributed by atoms with van der Waals surface area (Å²) >= 11 is -2.07. The van der Waals surface area contributed by atoms with E-state index in [0.29, 0.717) is 11.1 Å². The van der Waals surface area contributed by atoms with Crippen LogP contribution in [0.15, 0.2) is 41.3 Å². The first-order valence-electron chi connectivity index (χ1n) is 5.16. The standard InChI is InChI=1S/C13H10F2O2S/c1-8-6-10(18(16)17)3-5-11(8)12-4-2-9(14)7-13(12)15/h2-7H,1H3,(H,16,17). The molecule has 0 bridgehead atoms. The molecule has 0 aliphatic carbocycles. The average molecular weight is 268 g/mol. The fourth-order valence-electron chi connectivity index (χ4n) is 1.75. The van der Waals surface area contributed by atoms with Gasteiger partial charge in [0.2, 0.25) is 0 Å². The van der Waals surface area contributed by atoms with Gasteiger partial charge in [-0.2, -0.15) is 0 Å². The summed E-state index contributed by atoms with van der Waals surface area (Å²) in [6.07, 6.45) is 0. The molecule has 0 aromatic heterocycles. The summed E-state index contributed by atoms with van der Waals surface area (Å²) in [6, 6.07) is 7.84. The number of rotatable bonds is 2. The van der Waals surface area contributed by atoms with E-state index < -0.39 is 22.7 Å². The number of hydrogen-bond acceptors (Lipinski definition) is 1. The van der Waals surface area contributed by atoms with Crippen LogP contribution in [0, 0.1) is 18.6 Å². The lowest BCUT2D eigenvalue weighted by Crippen LogP contribution is -1.93. The van der Waals surface area contributed by atoms with Crippen molar-refractivity contribution in [2.45, 2.75) is 11.8 Å². The highest BCUT2D eigenvalue weighted by molar-refractivity contribution is 7.79. The zero-order valence-corrected chi connectivity index (χ0v) is 10.3. The monoisotopic (exact) mass is 268 g/mol. The van der Waals surface area contributed by atoms with Gasteiger partial charge in [-0.3, -0.25) is 0 Å². The summed E-state index contributed by atoms with van der Waals surface area (Å²) in [5, 5.41) is 0. The van der Waals surface area contributed by atoms with Crippen molar-refractivity contribution in [1.82, 2.24) is 0 Å². The van der Waals surface area contributed by atoms with Crippen LogP contribution in [0.5, 0.6) is 0 Å². The summed E-state index contributed by atoms with van der Waals surface area (Å²) in [6.45, 7) is 1.70. The third-order valence-electron chi connectivity index (χ3n) is 2.62. The van der Waals surface area contributed by atoms with E-state index in [2.05, 4.69) is 0 Å². The minimum absolute atomic E-state index is 0.249. The minimum Gasteiger partial charge on any atom is -0.302 e. The van der Waals surface area contributed by atoms with Crippen molar-refractivity contribution in [3.63, 3.8) is 0 Å². The second-order valence-electron chi connectivity index (χ2n) is 3.85. The molecule has 1 N–H and O–H groups in total. The van der Waals surface area contributed by atoms with E-state index in [0.717, 1.165) is 6.07 Å². The zero-order valence-electron chi connectivity index (χ0n) is 9.48. The second kappa shape index (κ2) is 4.96. The topological polar surface area (TPSA) is 37.3 Å². The van der Waals surface area contributed by atoms with Crippen molar-refractivity contribution < 1.29 is 17.5 Å². The maximum absolute atomic E-state index is 13.6. The molecule has 0 spiro atoms. The van der Waals surface area contributed by atoms with Crippen LogP contribution in [0.2, 0.25) is 0 Å². The molecule has 0 radical (unpaired) electrons. The Morgan fingerprint density at radius 1 is 1.06 bits per heavy atom. The molecular formula is C13H10F2O2S. The van der Waals surface area contributed by atoms with Gasteiger partial charge >= 0.3 is 0 Å². The number of benzene rings is 2. The van der Waals surface area contributed by atoms with E-state index in [1.54, 1.807) is 13.0 Å². The highest BCUT2D eigenvalue weighted by atomic mass is 32.2. The van der Waals surface area contributed by atoms with Gasteiger partial charge in [0, 0.05) is 11.6 Å². The summed E-state index contributed by atoms with van der Waals surface area (Å²) in [4.78, 5) is 0.249. The lowest BCUT2D eigenvalue weighted by Gasteiger charge is -2.08. The van der Waals surface area contributed by atoms with Gasteiger partial charge in [0.25, 0.3) is 0 Å². The molecule has 0 saturated heterocycles. The highest BCUT2D eigenvalue weighted by Gasteiger charge is 2.10. The largest absolute Gasteiger partial charge is 0.302 e. The molecule has 94 valence electrons. The molecule has 1 atom stereocenters. The number of hydrogen-bond donors (Lipinski definition) is 1. The molecule has 2 rings (SSSR count). The number of aryl methyl sites for hydroxylation is 1. The van der Waals surface area contributed by atoms with Crippen molar-refractivity contribution in [2.24, 2.45) is 0 Å². The quantitative estimate of drug-likeness (QED) is 0.846. The molecule has 5 heteroatoms. The Morgan fingerprint density at radius 2 is 1.72 bits per heavy atom. The van der Waals surface area contributed by atoms with Gasteiger partial charge in [0.1, 0.15) is 11.6 Å². The first-order chi connectivity index (χ1) is 8.49. The van der Waals surface area contributed by atoms with Gasteiger partial charge in [0.05, 0.1) is 4.90 Å². The SMILES string of the molecule is Cc1cc(S(=O)O)ccc1-c1ccc(F)cc1F. The van der Waals surface area contributed by atoms with Crippen molar-refractivity contribution in [3.8, 4) is 11.1 Å². The highest BCUT2D eigenvalue weighted by Crippen LogP contribution is 2.27. The van der Waals surface area contributed by atoms with E-state index in [9.17, 15) is 13.0 Å². The predicted octanol–water partition coefficient (Wildman–Crippen LogP) is 3.52. The third-order valence-corrected chi connectivity index (χ3v) is 3.28. The van der Waals surface area contributed by atoms with Gasteiger partial charge in [-0.25, -0.2) is 13.0 Å². The Morgan fingerprint density at radius 3 is 2.28 bits per heavy atom. The first-order valence-corrected chi connectivity index (χ1v) is 6.26. The predicted molar refractivity (Wildman–Crippen MR) is 65.6 cm³/mol. The molecule has 0 amide bonds. The molecule has 0 saturated carbocycles.